The fourth-order valence-corrected chi connectivity index (χ4v) is 4.62. The average Bonchev–Trinajstić information content (AvgIpc) is 3.33. The van der Waals surface area contributed by atoms with Gasteiger partial charge in [0.15, 0.2) is 0 Å². The van der Waals surface area contributed by atoms with Crippen molar-refractivity contribution in [1.82, 2.24) is 5.32 Å². The van der Waals surface area contributed by atoms with Crippen LogP contribution < -0.4 is 15.1 Å². The lowest BCUT2D eigenvalue weighted by molar-refractivity contribution is -0.128. The monoisotopic (exact) mass is 483 g/mol. The molecule has 2 fully saturated rings. The molecule has 0 saturated carbocycles. The maximum Gasteiger partial charge on any atom is 0.414 e. The van der Waals surface area contributed by atoms with Crippen LogP contribution in [-0.4, -0.2) is 56.4 Å². The van der Waals surface area contributed by atoms with Gasteiger partial charge in [-0.25, -0.2) is 4.79 Å². The summed E-state index contributed by atoms with van der Waals surface area (Å²) in [6.07, 6.45) is -1.13. The number of rotatable bonds is 5. The average molecular weight is 484 g/mol. The number of anilines is 2. The van der Waals surface area contributed by atoms with E-state index in [1.165, 1.54) is 16.2 Å². The van der Waals surface area contributed by atoms with E-state index < -0.39 is 12.2 Å². The van der Waals surface area contributed by atoms with Crippen molar-refractivity contribution >= 4 is 63.8 Å². The van der Waals surface area contributed by atoms with E-state index in [0.29, 0.717) is 32.2 Å². The molecule has 1 aromatic heterocycles. The SMILES string of the molecule is CC1CN(c2ccc(N3CC(CNC(=O)c4ccc(Cl)s4)OC3=O)cc2Cl)C(=O)CO1. The van der Waals surface area contributed by atoms with Gasteiger partial charge in [0.1, 0.15) is 12.7 Å². The van der Waals surface area contributed by atoms with E-state index in [1.54, 1.807) is 35.2 Å². The first-order chi connectivity index (χ1) is 14.8. The van der Waals surface area contributed by atoms with Crippen molar-refractivity contribution in [2.24, 2.45) is 0 Å². The minimum atomic E-state index is -0.529. The zero-order valence-electron chi connectivity index (χ0n) is 16.5. The van der Waals surface area contributed by atoms with Gasteiger partial charge in [-0.15, -0.1) is 11.3 Å². The van der Waals surface area contributed by atoms with Gasteiger partial charge in [-0.1, -0.05) is 23.2 Å². The number of halogens is 2. The topological polar surface area (TPSA) is 88.2 Å². The molecule has 31 heavy (non-hydrogen) atoms. The highest BCUT2D eigenvalue weighted by Crippen LogP contribution is 2.33. The Morgan fingerprint density at radius 1 is 1.19 bits per heavy atom. The Kier molecular flexibility index (Phi) is 6.38. The summed E-state index contributed by atoms with van der Waals surface area (Å²) in [6.45, 7) is 2.72. The van der Waals surface area contributed by atoms with Crippen molar-refractivity contribution in [2.75, 3.05) is 36.0 Å². The van der Waals surface area contributed by atoms with Gasteiger partial charge < -0.3 is 19.7 Å². The molecule has 164 valence electrons. The Morgan fingerprint density at radius 3 is 2.71 bits per heavy atom. The fraction of sp³-hybridized carbons (Fsp3) is 0.350. The number of cyclic esters (lactones) is 1. The third-order valence-electron chi connectivity index (χ3n) is 4.93. The molecule has 4 rings (SSSR count). The summed E-state index contributed by atoms with van der Waals surface area (Å²) in [4.78, 5) is 40.2. The Hall–Kier alpha value is -2.33. The molecular formula is C20H19Cl2N3O5S. The molecule has 1 aromatic carbocycles. The molecule has 0 spiro atoms. The van der Waals surface area contributed by atoms with Gasteiger partial charge >= 0.3 is 6.09 Å². The van der Waals surface area contributed by atoms with Crippen LogP contribution in [0.5, 0.6) is 0 Å². The molecule has 0 bridgehead atoms. The Bertz CT molecular complexity index is 1030. The maximum atomic E-state index is 12.3. The molecule has 2 aliphatic rings. The third kappa shape index (κ3) is 4.79. The summed E-state index contributed by atoms with van der Waals surface area (Å²) in [5.74, 6) is -0.445. The number of morpholine rings is 1. The second-order valence-corrected chi connectivity index (χ2v) is 9.31. The molecule has 8 nitrogen and oxygen atoms in total. The molecule has 1 N–H and O–H groups in total. The zero-order valence-corrected chi connectivity index (χ0v) is 18.8. The van der Waals surface area contributed by atoms with Crippen LogP contribution in [0, 0.1) is 0 Å². The number of amides is 3. The summed E-state index contributed by atoms with van der Waals surface area (Å²) in [6, 6.07) is 8.33. The highest BCUT2D eigenvalue weighted by Gasteiger charge is 2.33. The second-order valence-electron chi connectivity index (χ2n) is 7.19. The van der Waals surface area contributed by atoms with Crippen LogP contribution in [0.3, 0.4) is 0 Å². The summed E-state index contributed by atoms with van der Waals surface area (Å²) in [5, 5.41) is 3.09. The van der Waals surface area contributed by atoms with Crippen LogP contribution in [0.1, 0.15) is 16.6 Å². The van der Waals surface area contributed by atoms with Gasteiger partial charge in [0.05, 0.1) is 45.7 Å². The first kappa shape index (κ1) is 21.9. The number of nitrogens with one attached hydrogen (secondary N) is 1. The van der Waals surface area contributed by atoms with Crippen molar-refractivity contribution in [3.05, 3.63) is 44.6 Å². The molecule has 3 heterocycles. The molecule has 2 saturated heterocycles. The van der Waals surface area contributed by atoms with Gasteiger partial charge in [-0.05, 0) is 37.3 Å². The zero-order chi connectivity index (χ0) is 22.1. The predicted molar refractivity (Wildman–Crippen MR) is 118 cm³/mol. The minimum Gasteiger partial charge on any atom is -0.442 e. The lowest BCUT2D eigenvalue weighted by Gasteiger charge is -2.31. The summed E-state index contributed by atoms with van der Waals surface area (Å²) >= 11 is 13.5. The van der Waals surface area contributed by atoms with Gasteiger partial charge in [0, 0.05) is 5.69 Å². The lowest BCUT2D eigenvalue weighted by atomic mass is 10.2. The normalized spacial score (nSPS) is 21.4. The van der Waals surface area contributed by atoms with Crippen LogP contribution in [0.25, 0.3) is 0 Å². The molecule has 11 heteroatoms. The standard InChI is InChI=1S/C20H19Cl2N3O5S/c1-11-8-25(18(26)10-29-11)15-3-2-12(6-14(15)21)24-9-13(30-20(24)28)7-23-19(27)16-4-5-17(22)31-16/h2-6,11,13H,7-10H2,1H3,(H,23,27). The van der Waals surface area contributed by atoms with Gasteiger partial charge in [0.25, 0.3) is 11.8 Å². The van der Waals surface area contributed by atoms with E-state index in [0.717, 1.165) is 0 Å². The number of ether oxygens (including phenoxy) is 2. The number of thiophene rings is 1. The van der Waals surface area contributed by atoms with E-state index in [9.17, 15) is 14.4 Å². The number of carbonyl (C=O) groups excluding carboxylic acids is 3. The van der Waals surface area contributed by atoms with Gasteiger partial charge in [-0.2, -0.15) is 0 Å². The number of benzene rings is 1. The van der Waals surface area contributed by atoms with Crippen LogP contribution >= 0.6 is 34.5 Å². The lowest BCUT2D eigenvalue weighted by Crippen LogP contribution is -2.45. The number of hydrogen-bond acceptors (Lipinski definition) is 6. The van der Waals surface area contributed by atoms with Crippen molar-refractivity contribution < 1.29 is 23.9 Å². The quantitative estimate of drug-likeness (QED) is 0.702. The van der Waals surface area contributed by atoms with E-state index in [-0.39, 0.29) is 37.6 Å². The molecule has 2 aliphatic heterocycles. The number of nitrogens with zero attached hydrogens (tertiary/aromatic N) is 2. The third-order valence-corrected chi connectivity index (χ3v) is 6.46. The van der Waals surface area contributed by atoms with Crippen molar-refractivity contribution in [2.45, 2.75) is 19.1 Å². The molecule has 2 atom stereocenters. The summed E-state index contributed by atoms with van der Waals surface area (Å²) in [7, 11) is 0. The summed E-state index contributed by atoms with van der Waals surface area (Å²) in [5.41, 5.74) is 1.11. The smallest absolute Gasteiger partial charge is 0.414 e. The van der Waals surface area contributed by atoms with E-state index in [4.69, 9.17) is 32.7 Å². The van der Waals surface area contributed by atoms with Crippen molar-refractivity contribution in [1.29, 1.82) is 0 Å². The first-order valence-corrected chi connectivity index (χ1v) is 11.1. The second kappa shape index (κ2) is 9.04. The van der Waals surface area contributed by atoms with Crippen LogP contribution in [0.15, 0.2) is 30.3 Å². The van der Waals surface area contributed by atoms with Gasteiger partial charge in [0.2, 0.25) is 0 Å². The van der Waals surface area contributed by atoms with Crippen molar-refractivity contribution in [3.8, 4) is 0 Å². The molecule has 0 radical (unpaired) electrons. The Labute approximate surface area is 192 Å². The summed E-state index contributed by atoms with van der Waals surface area (Å²) < 4.78 is 11.2. The van der Waals surface area contributed by atoms with E-state index >= 15 is 0 Å². The Balaban J connectivity index is 1.40. The minimum absolute atomic E-state index is 0.00275. The molecule has 2 unspecified atom stereocenters. The molecule has 2 aromatic rings. The first-order valence-electron chi connectivity index (χ1n) is 9.55. The van der Waals surface area contributed by atoms with Crippen molar-refractivity contribution in [3.63, 3.8) is 0 Å². The molecule has 0 aliphatic carbocycles. The van der Waals surface area contributed by atoms with E-state index in [1.807, 2.05) is 6.92 Å². The Morgan fingerprint density at radius 2 is 2.00 bits per heavy atom. The van der Waals surface area contributed by atoms with Crippen LogP contribution in [0.4, 0.5) is 16.2 Å². The molecular weight excluding hydrogens is 465 g/mol. The number of carbonyl (C=O) groups is 3. The maximum absolute atomic E-state index is 12.3. The van der Waals surface area contributed by atoms with Crippen LogP contribution in [0.2, 0.25) is 9.36 Å². The van der Waals surface area contributed by atoms with Crippen LogP contribution in [-0.2, 0) is 14.3 Å². The largest absolute Gasteiger partial charge is 0.442 e. The molecule has 3 amide bonds. The predicted octanol–water partition coefficient (Wildman–Crippen LogP) is 3.56. The number of hydrogen-bond donors (Lipinski definition) is 1. The fourth-order valence-electron chi connectivity index (χ4n) is 3.39. The highest BCUT2D eigenvalue weighted by atomic mass is 35.5. The van der Waals surface area contributed by atoms with E-state index in [2.05, 4.69) is 5.32 Å². The van der Waals surface area contributed by atoms with Gasteiger partial charge in [-0.3, -0.25) is 14.5 Å². The highest BCUT2D eigenvalue weighted by molar-refractivity contribution is 7.18.